The van der Waals surface area contributed by atoms with Crippen molar-refractivity contribution in [1.29, 1.82) is 0 Å². The highest BCUT2D eigenvalue weighted by molar-refractivity contribution is 7.71. The Morgan fingerprint density at radius 2 is 2.10 bits per heavy atom. The Morgan fingerprint density at radius 1 is 1.24 bits per heavy atom. The summed E-state index contributed by atoms with van der Waals surface area (Å²) < 4.78 is 2.71. The number of H-pyrrole nitrogens is 1. The van der Waals surface area contributed by atoms with Crippen molar-refractivity contribution in [3.8, 4) is 11.5 Å². The highest BCUT2D eigenvalue weighted by Gasteiger charge is 2.24. The third-order valence-corrected chi connectivity index (χ3v) is 4.57. The maximum atomic E-state index is 5.46. The highest BCUT2D eigenvalue weighted by Crippen LogP contribution is 2.33. The number of pyridine rings is 1. The topological polar surface area (TPSA) is 46.5 Å². The number of nitrogens with one attached hydrogen (secondary N) is 1. The van der Waals surface area contributed by atoms with Gasteiger partial charge in [0.1, 0.15) is 5.69 Å². The summed E-state index contributed by atoms with van der Waals surface area (Å²) in [6.45, 7) is 4.39. The lowest BCUT2D eigenvalue weighted by Crippen LogP contribution is -2.17. The van der Waals surface area contributed by atoms with Crippen LogP contribution in [0, 0.1) is 10.7 Å². The molecule has 0 saturated heterocycles. The molecule has 0 fully saturated rings. The molecule has 1 atom stereocenters. The first-order chi connectivity index (χ1) is 10.2. The summed E-state index contributed by atoms with van der Waals surface area (Å²) >= 11 is 7.21. The van der Waals surface area contributed by atoms with Crippen LogP contribution < -0.4 is 0 Å². The Hall–Kier alpha value is -1.79. The zero-order chi connectivity index (χ0) is 14.8. The average Bonchev–Trinajstić information content (AvgIpc) is 3.12. The zero-order valence-electron chi connectivity index (χ0n) is 11.9. The van der Waals surface area contributed by atoms with Gasteiger partial charge in [-0.05, 0) is 41.7 Å². The number of thiophene rings is 1. The molecule has 4 nitrogen and oxygen atoms in total. The third-order valence-electron chi connectivity index (χ3n) is 3.34. The fourth-order valence-electron chi connectivity index (χ4n) is 2.45. The molecule has 108 valence electrons. The van der Waals surface area contributed by atoms with E-state index in [1.807, 2.05) is 18.2 Å². The molecule has 0 aromatic carbocycles. The van der Waals surface area contributed by atoms with Crippen molar-refractivity contribution in [1.82, 2.24) is 19.7 Å². The first kappa shape index (κ1) is 14.2. The lowest BCUT2D eigenvalue weighted by Gasteiger charge is -2.22. The SMILES string of the molecule is CC(C)C(c1cccs1)n1c(-c2ccccn2)n[nH]c1=S. The smallest absolute Gasteiger partial charge is 0.196 e. The van der Waals surface area contributed by atoms with E-state index in [2.05, 4.69) is 51.1 Å². The van der Waals surface area contributed by atoms with Gasteiger partial charge in [-0.15, -0.1) is 11.3 Å². The molecule has 3 aromatic heterocycles. The lowest BCUT2D eigenvalue weighted by molar-refractivity contribution is 0.442. The average molecular weight is 316 g/mol. The maximum absolute atomic E-state index is 5.46. The Morgan fingerprint density at radius 3 is 2.71 bits per heavy atom. The van der Waals surface area contributed by atoms with Crippen molar-refractivity contribution in [3.05, 3.63) is 51.6 Å². The van der Waals surface area contributed by atoms with Crippen LogP contribution in [0.25, 0.3) is 11.5 Å². The molecule has 1 N–H and O–H groups in total. The standard InChI is InChI=1S/C15H16N4S2/c1-10(2)13(12-7-5-9-21-12)19-14(17-18-15(19)20)11-6-3-4-8-16-11/h3-10,13H,1-2H3,(H,18,20). The van der Waals surface area contributed by atoms with Gasteiger partial charge in [-0.1, -0.05) is 26.0 Å². The van der Waals surface area contributed by atoms with Gasteiger partial charge in [0.05, 0.1) is 6.04 Å². The van der Waals surface area contributed by atoms with Crippen LogP contribution >= 0.6 is 23.6 Å². The van der Waals surface area contributed by atoms with Gasteiger partial charge < -0.3 is 0 Å². The van der Waals surface area contributed by atoms with Crippen LogP contribution in [0.4, 0.5) is 0 Å². The van der Waals surface area contributed by atoms with E-state index in [-0.39, 0.29) is 6.04 Å². The fourth-order valence-corrected chi connectivity index (χ4v) is 3.69. The van der Waals surface area contributed by atoms with Gasteiger partial charge in [0.15, 0.2) is 10.6 Å². The van der Waals surface area contributed by atoms with Gasteiger partial charge in [0.2, 0.25) is 0 Å². The molecule has 6 heteroatoms. The van der Waals surface area contributed by atoms with Gasteiger partial charge >= 0.3 is 0 Å². The van der Waals surface area contributed by atoms with Crippen LogP contribution in [0.15, 0.2) is 41.9 Å². The van der Waals surface area contributed by atoms with Gasteiger partial charge in [0, 0.05) is 11.1 Å². The maximum Gasteiger partial charge on any atom is 0.196 e. The van der Waals surface area contributed by atoms with Crippen molar-refractivity contribution < 1.29 is 0 Å². The molecule has 0 spiro atoms. The molecular weight excluding hydrogens is 300 g/mol. The largest absolute Gasteiger partial charge is 0.290 e. The lowest BCUT2D eigenvalue weighted by atomic mass is 10.0. The van der Waals surface area contributed by atoms with Crippen molar-refractivity contribution in [2.24, 2.45) is 5.92 Å². The molecule has 1 unspecified atom stereocenters. The van der Waals surface area contributed by atoms with Crippen LogP contribution in [-0.2, 0) is 0 Å². The molecule has 0 amide bonds. The monoisotopic (exact) mass is 316 g/mol. The van der Waals surface area contributed by atoms with Crippen LogP contribution in [0.1, 0.15) is 24.8 Å². The summed E-state index contributed by atoms with van der Waals surface area (Å²) in [6, 6.07) is 10.2. The molecule has 0 saturated carbocycles. The minimum Gasteiger partial charge on any atom is -0.290 e. The molecule has 3 rings (SSSR count). The van der Waals surface area contributed by atoms with E-state index >= 15 is 0 Å². The van der Waals surface area contributed by atoms with E-state index in [1.165, 1.54) is 4.88 Å². The van der Waals surface area contributed by atoms with Crippen LogP contribution in [0.3, 0.4) is 0 Å². The normalized spacial score (nSPS) is 12.7. The summed E-state index contributed by atoms with van der Waals surface area (Å²) in [5.74, 6) is 1.18. The highest BCUT2D eigenvalue weighted by atomic mass is 32.1. The summed E-state index contributed by atoms with van der Waals surface area (Å²) in [6.07, 6.45) is 1.77. The molecule has 0 radical (unpaired) electrons. The van der Waals surface area contributed by atoms with E-state index in [9.17, 15) is 0 Å². The number of hydrogen-bond donors (Lipinski definition) is 1. The fraction of sp³-hybridized carbons (Fsp3) is 0.267. The van der Waals surface area contributed by atoms with Gasteiger partial charge in [-0.3, -0.25) is 14.6 Å². The zero-order valence-corrected chi connectivity index (χ0v) is 13.5. The predicted octanol–water partition coefficient (Wildman–Crippen LogP) is 4.31. The van der Waals surface area contributed by atoms with Crippen LogP contribution in [0.2, 0.25) is 0 Å². The van der Waals surface area contributed by atoms with Crippen molar-refractivity contribution >= 4 is 23.6 Å². The molecule has 3 aromatic rings. The van der Waals surface area contributed by atoms with Gasteiger partial charge in [-0.25, -0.2) is 0 Å². The minimum atomic E-state index is 0.160. The minimum absolute atomic E-state index is 0.160. The number of rotatable bonds is 4. The van der Waals surface area contributed by atoms with E-state index < -0.39 is 0 Å². The Kier molecular flexibility index (Phi) is 3.98. The quantitative estimate of drug-likeness (QED) is 0.730. The second-order valence-corrected chi connectivity index (χ2v) is 6.51. The van der Waals surface area contributed by atoms with Gasteiger partial charge in [0.25, 0.3) is 0 Å². The first-order valence-electron chi connectivity index (χ1n) is 6.80. The second-order valence-electron chi connectivity index (χ2n) is 5.14. The van der Waals surface area contributed by atoms with Crippen LogP contribution in [-0.4, -0.2) is 19.7 Å². The number of hydrogen-bond acceptors (Lipinski definition) is 4. The van der Waals surface area contributed by atoms with Crippen LogP contribution in [0.5, 0.6) is 0 Å². The summed E-state index contributed by atoms with van der Waals surface area (Å²) in [5.41, 5.74) is 0.826. The second kappa shape index (κ2) is 5.91. The molecule has 21 heavy (non-hydrogen) atoms. The van der Waals surface area contributed by atoms with E-state index in [0.29, 0.717) is 10.7 Å². The van der Waals surface area contributed by atoms with E-state index in [0.717, 1.165) is 11.5 Å². The third kappa shape index (κ3) is 2.69. The van der Waals surface area contributed by atoms with Crippen molar-refractivity contribution in [3.63, 3.8) is 0 Å². The number of nitrogens with zero attached hydrogens (tertiary/aromatic N) is 3. The predicted molar refractivity (Wildman–Crippen MR) is 87.9 cm³/mol. The van der Waals surface area contributed by atoms with Gasteiger partial charge in [-0.2, -0.15) is 5.10 Å². The molecular formula is C15H16N4S2. The Balaban J connectivity index is 2.18. The molecule has 0 aliphatic rings. The van der Waals surface area contributed by atoms with Crippen molar-refractivity contribution in [2.75, 3.05) is 0 Å². The summed E-state index contributed by atoms with van der Waals surface area (Å²) in [7, 11) is 0. The molecule has 3 heterocycles. The molecule has 0 aliphatic heterocycles. The summed E-state index contributed by atoms with van der Waals surface area (Å²) in [4.78, 5) is 5.68. The molecule has 0 aliphatic carbocycles. The van der Waals surface area contributed by atoms with Crippen molar-refractivity contribution in [2.45, 2.75) is 19.9 Å². The summed E-state index contributed by atoms with van der Waals surface area (Å²) in [5, 5.41) is 9.39. The number of aromatic amines is 1. The Labute approximate surface area is 132 Å². The van der Waals surface area contributed by atoms with E-state index in [1.54, 1.807) is 17.5 Å². The number of aromatic nitrogens is 4. The Bertz CT molecular complexity index is 757. The first-order valence-corrected chi connectivity index (χ1v) is 8.09. The van der Waals surface area contributed by atoms with E-state index in [4.69, 9.17) is 12.2 Å². The molecule has 0 bridgehead atoms.